The highest BCUT2D eigenvalue weighted by Crippen LogP contribution is 2.42. The van der Waals surface area contributed by atoms with Gasteiger partial charge in [-0.25, -0.2) is 18.2 Å². The predicted molar refractivity (Wildman–Crippen MR) is 146 cm³/mol. The van der Waals surface area contributed by atoms with Crippen LogP contribution in [0.25, 0.3) is 0 Å². The Morgan fingerprint density at radius 3 is 2.57 bits per heavy atom. The third kappa shape index (κ3) is 5.42. The highest BCUT2D eigenvalue weighted by Gasteiger charge is 2.51. The van der Waals surface area contributed by atoms with E-state index < -0.39 is 60.4 Å². The Kier molecular flexibility index (Phi) is 7.69. The molecule has 2 atom stereocenters. The summed E-state index contributed by atoms with van der Waals surface area (Å²) in [7, 11) is 1.41. The van der Waals surface area contributed by atoms with E-state index in [0.717, 1.165) is 17.2 Å². The van der Waals surface area contributed by atoms with E-state index in [1.165, 1.54) is 41.4 Å². The van der Waals surface area contributed by atoms with E-state index in [4.69, 9.17) is 0 Å². The van der Waals surface area contributed by atoms with Crippen molar-refractivity contribution in [3.05, 3.63) is 83.6 Å². The minimum Gasteiger partial charge on any atom is -0.340 e. The Bertz CT molecular complexity index is 1580. The van der Waals surface area contributed by atoms with Gasteiger partial charge in [-0.2, -0.15) is 5.26 Å². The first-order valence-corrected chi connectivity index (χ1v) is 13.3. The number of rotatable bonds is 7. The lowest BCUT2D eigenvalue weighted by Crippen LogP contribution is -2.56. The zero-order chi connectivity index (χ0) is 30.2. The Morgan fingerprint density at radius 1 is 1.17 bits per heavy atom. The summed E-state index contributed by atoms with van der Waals surface area (Å²) >= 11 is 0. The molecule has 1 aliphatic heterocycles. The van der Waals surface area contributed by atoms with Gasteiger partial charge in [0.2, 0.25) is 11.8 Å². The van der Waals surface area contributed by atoms with Crippen LogP contribution in [-0.4, -0.2) is 57.6 Å². The summed E-state index contributed by atoms with van der Waals surface area (Å²) in [5.74, 6) is -5.36. The van der Waals surface area contributed by atoms with Crippen molar-refractivity contribution < 1.29 is 27.6 Å². The van der Waals surface area contributed by atoms with Gasteiger partial charge in [-0.1, -0.05) is 24.3 Å². The van der Waals surface area contributed by atoms with Crippen molar-refractivity contribution in [2.75, 3.05) is 16.8 Å². The zero-order valence-corrected chi connectivity index (χ0v) is 22.9. The van der Waals surface area contributed by atoms with Gasteiger partial charge in [0, 0.05) is 44.6 Å². The number of nitriles is 1. The molecule has 42 heavy (non-hydrogen) atoms. The van der Waals surface area contributed by atoms with Gasteiger partial charge in [0.05, 0.1) is 29.7 Å². The number of hydrogen-bond acceptors (Lipinski definition) is 6. The second kappa shape index (κ2) is 11.2. The number of halogens is 3. The summed E-state index contributed by atoms with van der Waals surface area (Å²) in [5.41, 5.74) is 1.21. The summed E-state index contributed by atoms with van der Waals surface area (Å²) in [4.78, 5) is 53.4. The lowest BCUT2D eigenvalue weighted by atomic mass is 9.86. The Balaban J connectivity index is 1.63. The molecule has 2 aliphatic rings. The van der Waals surface area contributed by atoms with Crippen LogP contribution in [0.15, 0.2) is 61.1 Å². The molecule has 0 unspecified atom stereocenters. The smallest absolute Gasteiger partial charge is 0.252 e. The molecular weight excluding hydrogens is 549 g/mol. The fourth-order valence-corrected chi connectivity index (χ4v) is 5.47. The van der Waals surface area contributed by atoms with Gasteiger partial charge in [0.1, 0.15) is 23.7 Å². The maximum absolute atomic E-state index is 14.6. The van der Waals surface area contributed by atoms with E-state index in [0.29, 0.717) is 11.1 Å². The number of carbonyl (C=O) groups excluding carboxylic acids is 3. The molecule has 0 N–H and O–H groups in total. The summed E-state index contributed by atoms with van der Waals surface area (Å²) in [6.45, 7) is 1.74. The van der Waals surface area contributed by atoms with Crippen molar-refractivity contribution in [3.63, 3.8) is 0 Å². The van der Waals surface area contributed by atoms with E-state index in [1.54, 1.807) is 31.2 Å². The molecule has 1 aliphatic carbocycles. The molecule has 2 aromatic heterocycles. The van der Waals surface area contributed by atoms with Crippen LogP contribution >= 0.6 is 0 Å². The zero-order valence-electron chi connectivity index (χ0n) is 22.9. The summed E-state index contributed by atoms with van der Waals surface area (Å²) in [6.07, 6.45) is 2.54. The van der Waals surface area contributed by atoms with Crippen LogP contribution in [-0.2, 0) is 14.4 Å². The molecule has 3 aromatic rings. The SMILES string of the molecule is Cc1ccccc1[C@@H](C(=O)N(C)C1CC(F)(F)C1)N(C(=O)[C@@H]1CCC(=O)N1c1cc(C#N)ccn1)c1cncc(F)c1. The highest BCUT2D eigenvalue weighted by atomic mass is 19.3. The summed E-state index contributed by atoms with van der Waals surface area (Å²) in [6, 6.07) is 9.37. The van der Waals surface area contributed by atoms with E-state index in [2.05, 4.69) is 9.97 Å². The molecule has 0 radical (unpaired) electrons. The van der Waals surface area contributed by atoms with Crippen LogP contribution < -0.4 is 9.80 Å². The topological polar surface area (TPSA) is 110 Å². The second-order valence-electron chi connectivity index (χ2n) is 10.5. The Labute approximate surface area is 240 Å². The number of alkyl halides is 2. The molecule has 0 spiro atoms. The average molecular weight is 577 g/mol. The lowest BCUT2D eigenvalue weighted by molar-refractivity contribution is -0.152. The van der Waals surface area contributed by atoms with Gasteiger partial charge >= 0.3 is 0 Å². The standard InChI is InChI=1S/C30H27F3N6O3/c1-18-5-3-4-6-23(18)27(29(42)37(2)22-13-30(32,33)14-22)38(21-12-20(31)16-35-17-21)28(41)24-7-8-26(40)39(24)25-11-19(15-34)9-10-36-25/h3-6,9-12,16-17,22,24,27H,7-8,13-14H2,1-2H3/t24-,27-/m0/s1. The van der Waals surface area contributed by atoms with Gasteiger partial charge in [0.15, 0.2) is 0 Å². The minimum atomic E-state index is -2.89. The van der Waals surface area contributed by atoms with Crippen molar-refractivity contribution in [2.45, 2.75) is 56.7 Å². The van der Waals surface area contributed by atoms with Crippen molar-refractivity contribution in [1.29, 1.82) is 5.26 Å². The predicted octanol–water partition coefficient (Wildman–Crippen LogP) is 4.32. The molecule has 3 amide bonds. The number of pyridine rings is 2. The quantitative estimate of drug-likeness (QED) is 0.414. The first kappa shape index (κ1) is 28.7. The maximum Gasteiger partial charge on any atom is 0.252 e. The first-order valence-electron chi connectivity index (χ1n) is 13.3. The van der Waals surface area contributed by atoms with Gasteiger partial charge in [-0.05, 0) is 36.6 Å². The first-order chi connectivity index (χ1) is 20.0. The van der Waals surface area contributed by atoms with E-state index in [-0.39, 0.29) is 29.9 Å². The van der Waals surface area contributed by atoms with E-state index in [9.17, 15) is 32.8 Å². The van der Waals surface area contributed by atoms with Gasteiger partial charge in [-0.15, -0.1) is 0 Å². The molecule has 216 valence electrons. The maximum atomic E-state index is 14.6. The normalized spacial score (nSPS) is 18.6. The van der Waals surface area contributed by atoms with Gasteiger partial charge in [-0.3, -0.25) is 29.2 Å². The Morgan fingerprint density at radius 2 is 1.90 bits per heavy atom. The van der Waals surface area contributed by atoms with Crippen molar-refractivity contribution in [3.8, 4) is 6.07 Å². The number of aryl methyl sites for hydroxylation is 1. The third-order valence-corrected chi connectivity index (χ3v) is 7.76. The summed E-state index contributed by atoms with van der Waals surface area (Å²) in [5, 5.41) is 9.36. The number of anilines is 2. The molecule has 1 saturated heterocycles. The van der Waals surface area contributed by atoms with Gasteiger partial charge < -0.3 is 4.90 Å². The summed E-state index contributed by atoms with van der Waals surface area (Å²) < 4.78 is 42.1. The number of amides is 3. The number of nitrogens with zero attached hydrogens (tertiary/aromatic N) is 6. The van der Waals surface area contributed by atoms with Crippen LogP contribution in [0.4, 0.5) is 24.7 Å². The van der Waals surface area contributed by atoms with Crippen LogP contribution in [0, 0.1) is 24.1 Å². The molecule has 12 heteroatoms. The second-order valence-corrected chi connectivity index (χ2v) is 10.5. The molecule has 9 nitrogen and oxygen atoms in total. The molecule has 3 heterocycles. The largest absolute Gasteiger partial charge is 0.340 e. The van der Waals surface area contributed by atoms with Crippen LogP contribution in [0.2, 0.25) is 0 Å². The number of benzene rings is 1. The Hall–Kier alpha value is -4.79. The van der Waals surface area contributed by atoms with Crippen molar-refractivity contribution in [1.82, 2.24) is 14.9 Å². The molecule has 1 saturated carbocycles. The average Bonchev–Trinajstić information content (AvgIpc) is 3.35. The molecular formula is C30H27F3N6O3. The molecule has 1 aromatic carbocycles. The third-order valence-electron chi connectivity index (χ3n) is 7.76. The van der Waals surface area contributed by atoms with Gasteiger partial charge in [0.25, 0.3) is 11.8 Å². The van der Waals surface area contributed by atoms with Crippen LogP contribution in [0.5, 0.6) is 0 Å². The number of likely N-dealkylation sites (N-methyl/N-ethyl adjacent to an activating group) is 1. The highest BCUT2D eigenvalue weighted by molar-refractivity contribution is 6.10. The monoisotopic (exact) mass is 576 g/mol. The van der Waals surface area contributed by atoms with E-state index in [1.807, 2.05) is 6.07 Å². The minimum absolute atomic E-state index is 0.00978. The van der Waals surface area contributed by atoms with Crippen LogP contribution in [0.1, 0.15) is 48.4 Å². The number of aromatic nitrogens is 2. The van der Waals surface area contributed by atoms with Crippen LogP contribution in [0.3, 0.4) is 0 Å². The van der Waals surface area contributed by atoms with E-state index >= 15 is 0 Å². The molecule has 5 rings (SSSR count). The van der Waals surface area contributed by atoms with Crippen molar-refractivity contribution >= 4 is 29.2 Å². The lowest BCUT2D eigenvalue weighted by Gasteiger charge is -2.44. The fourth-order valence-electron chi connectivity index (χ4n) is 5.47. The fraction of sp³-hybridized carbons (Fsp3) is 0.333. The van der Waals surface area contributed by atoms with Crippen molar-refractivity contribution in [2.24, 2.45) is 0 Å². The number of carbonyl (C=O) groups is 3. The number of hydrogen-bond donors (Lipinski definition) is 0. The molecule has 0 bridgehead atoms. The molecule has 2 fully saturated rings.